The standard InChI is InChI=1S/C10H13N3O3/c1-6(9(14)12-8-2-3-8)13-5-7(4-11-13)10(15)16/h4-6,8H,2-3H2,1H3,(H,12,14)(H,15,16). The highest BCUT2D eigenvalue weighted by Crippen LogP contribution is 2.19. The van der Waals surface area contributed by atoms with Crippen LogP contribution in [0.15, 0.2) is 12.4 Å². The largest absolute Gasteiger partial charge is 0.478 e. The summed E-state index contributed by atoms with van der Waals surface area (Å²) in [6, 6.07) is -0.182. The van der Waals surface area contributed by atoms with Crippen LogP contribution in [0.4, 0.5) is 0 Å². The van der Waals surface area contributed by atoms with Crippen molar-refractivity contribution in [2.24, 2.45) is 0 Å². The minimum Gasteiger partial charge on any atom is -0.478 e. The van der Waals surface area contributed by atoms with Crippen LogP contribution in [0.5, 0.6) is 0 Å². The van der Waals surface area contributed by atoms with Gasteiger partial charge in [-0.05, 0) is 19.8 Å². The molecular formula is C10H13N3O3. The van der Waals surface area contributed by atoms with Crippen molar-refractivity contribution in [3.05, 3.63) is 18.0 Å². The molecule has 1 unspecified atom stereocenters. The number of nitrogens with zero attached hydrogens (tertiary/aromatic N) is 2. The van der Waals surface area contributed by atoms with Gasteiger partial charge in [-0.3, -0.25) is 9.48 Å². The summed E-state index contributed by atoms with van der Waals surface area (Å²) >= 11 is 0. The van der Waals surface area contributed by atoms with Crippen LogP contribution in [0, 0.1) is 0 Å². The molecule has 1 atom stereocenters. The molecule has 0 bridgehead atoms. The van der Waals surface area contributed by atoms with Crippen LogP contribution >= 0.6 is 0 Å². The summed E-state index contributed by atoms with van der Waals surface area (Å²) in [4.78, 5) is 22.3. The molecule has 1 amide bonds. The second kappa shape index (κ2) is 3.96. The third-order valence-electron chi connectivity index (χ3n) is 2.55. The van der Waals surface area contributed by atoms with E-state index < -0.39 is 12.0 Å². The molecular weight excluding hydrogens is 210 g/mol. The van der Waals surface area contributed by atoms with Crippen LogP contribution < -0.4 is 5.32 Å². The van der Waals surface area contributed by atoms with Gasteiger partial charge in [0.15, 0.2) is 0 Å². The first-order valence-electron chi connectivity index (χ1n) is 5.15. The molecule has 0 aromatic carbocycles. The minimum absolute atomic E-state index is 0.0890. The summed E-state index contributed by atoms with van der Waals surface area (Å²) in [5.41, 5.74) is 0.0890. The van der Waals surface area contributed by atoms with E-state index >= 15 is 0 Å². The zero-order valence-corrected chi connectivity index (χ0v) is 8.88. The Hall–Kier alpha value is -1.85. The van der Waals surface area contributed by atoms with E-state index in [4.69, 9.17) is 5.11 Å². The van der Waals surface area contributed by atoms with E-state index in [-0.39, 0.29) is 11.5 Å². The van der Waals surface area contributed by atoms with Gasteiger partial charge in [-0.25, -0.2) is 4.79 Å². The quantitative estimate of drug-likeness (QED) is 0.774. The van der Waals surface area contributed by atoms with Crippen molar-refractivity contribution in [3.63, 3.8) is 0 Å². The predicted molar refractivity (Wildman–Crippen MR) is 55.1 cm³/mol. The third kappa shape index (κ3) is 2.21. The number of amides is 1. The first kappa shape index (κ1) is 10.7. The van der Waals surface area contributed by atoms with E-state index in [1.807, 2.05) is 0 Å². The lowest BCUT2D eigenvalue weighted by Crippen LogP contribution is -2.32. The smallest absolute Gasteiger partial charge is 0.338 e. The third-order valence-corrected chi connectivity index (χ3v) is 2.55. The van der Waals surface area contributed by atoms with Crippen LogP contribution in [-0.2, 0) is 4.79 Å². The van der Waals surface area contributed by atoms with Crippen LogP contribution in [0.1, 0.15) is 36.2 Å². The number of hydrogen-bond donors (Lipinski definition) is 2. The number of nitrogens with one attached hydrogen (secondary N) is 1. The normalized spacial score (nSPS) is 16.8. The summed E-state index contributed by atoms with van der Waals surface area (Å²) in [6.45, 7) is 1.69. The Morgan fingerprint density at radius 3 is 2.81 bits per heavy atom. The fourth-order valence-electron chi connectivity index (χ4n) is 1.33. The molecule has 2 rings (SSSR count). The van der Waals surface area contributed by atoms with Gasteiger partial charge >= 0.3 is 5.97 Å². The van der Waals surface area contributed by atoms with Crippen molar-refractivity contribution in [1.29, 1.82) is 0 Å². The van der Waals surface area contributed by atoms with E-state index in [0.717, 1.165) is 12.8 Å². The SMILES string of the molecule is CC(C(=O)NC1CC1)n1cc(C(=O)O)cn1. The first-order chi connectivity index (χ1) is 7.58. The van der Waals surface area contributed by atoms with Crippen molar-refractivity contribution in [3.8, 4) is 0 Å². The summed E-state index contributed by atoms with van der Waals surface area (Å²) in [6.07, 6.45) is 4.65. The number of carboxylic acids is 1. The Morgan fingerprint density at radius 2 is 2.31 bits per heavy atom. The van der Waals surface area contributed by atoms with Crippen LogP contribution in [0.3, 0.4) is 0 Å². The zero-order valence-electron chi connectivity index (χ0n) is 8.88. The number of aromatic carboxylic acids is 1. The predicted octanol–water partition coefficient (Wildman–Crippen LogP) is 0.421. The van der Waals surface area contributed by atoms with E-state index in [9.17, 15) is 9.59 Å². The monoisotopic (exact) mass is 223 g/mol. The lowest BCUT2D eigenvalue weighted by Gasteiger charge is -2.11. The average molecular weight is 223 g/mol. The molecule has 2 N–H and O–H groups in total. The Morgan fingerprint density at radius 1 is 1.62 bits per heavy atom. The average Bonchev–Trinajstić information content (AvgIpc) is 2.91. The van der Waals surface area contributed by atoms with Crippen LogP contribution in [-0.4, -0.2) is 32.8 Å². The van der Waals surface area contributed by atoms with Crippen molar-refractivity contribution in [2.45, 2.75) is 31.8 Å². The first-order valence-corrected chi connectivity index (χ1v) is 5.15. The summed E-state index contributed by atoms with van der Waals surface area (Å²) in [5, 5.41) is 15.4. The Balaban J connectivity index is 2.03. The van der Waals surface area contributed by atoms with E-state index in [1.165, 1.54) is 17.1 Å². The van der Waals surface area contributed by atoms with Gasteiger partial charge in [0.05, 0.1) is 11.8 Å². The molecule has 0 spiro atoms. The van der Waals surface area contributed by atoms with Gasteiger partial charge in [0, 0.05) is 12.2 Å². The highest BCUT2D eigenvalue weighted by molar-refractivity contribution is 5.87. The number of hydrogen-bond acceptors (Lipinski definition) is 3. The summed E-state index contributed by atoms with van der Waals surface area (Å²) < 4.78 is 1.36. The second-order valence-corrected chi connectivity index (χ2v) is 3.97. The van der Waals surface area contributed by atoms with E-state index in [0.29, 0.717) is 6.04 Å². The lowest BCUT2D eigenvalue weighted by atomic mass is 10.3. The lowest BCUT2D eigenvalue weighted by molar-refractivity contribution is -0.124. The van der Waals surface area contributed by atoms with Gasteiger partial charge in [-0.15, -0.1) is 0 Å². The van der Waals surface area contributed by atoms with Crippen molar-refractivity contribution in [1.82, 2.24) is 15.1 Å². The van der Waals surface area contributed by atoms with Crippen LogP contribution in [0.2, 0.25) is 0 Å². The fraction of sp³-hybridized carbons (Fsp3) is 0.500. The van der Waals surface area contributed by atoms with Crippen molar-refractivity contribution < 1.29 is 14.7 Å². The Kier molecular flexibility index (Phi) is 2.64. The van der Waals surface area contributed by atoms with Gasteiger partial charge in [-0.2, -0.15) is 5.10 Å². The Bertz CT molecular complexity index is 423. The van der Waals surface area contributed by atoms with Gasteiger partial charge in [0.25, 0.3) is 0 Å². The topological polar surface area (TPSA) is 84.2 Å². The molecule has 6 heteroatoms. The zero-order chi connectivity index (χ0) is 11.7. The summed E-state index contributed by atoms with van der Waals surface area (Å²) in [7, 11) is 0. The molecule has 1 saturated carbocycles. The fourth-order valence-corrected chi connectivity index (χ4v) is 1.33. The van der Waals surface area contributed by atoms with Crippen LogP contribution in [0.25, 0.3) is 0 Å². The molecule has 16 heavy (non-hydrogen) atoms. The van der Waals surface area contributed by atoms with Gasteiger partial charge in [0.2, 0.25) is 5.91 Å². The molecule has 1 aliphatic rings. The summed E-state index contributed by atoms with van der Waals surface area (Å²) in [5.74, 6) is -1.16. The van der Waals surface area contributed by atoms with E-state index in [2.05, 4.69) is 10.4 Å². The molecule has 1 heterocycles. The molecule has 0 radical (unpaired) electrons. The maximum atomic E-state index is 11.7. The van der Waals surface area contributed by atoms with E-state index in [1.54, 1.807) is 6.92 Å². The number of carbonyl (C=O) groups excluding carboxylic acids is 1. The second-order valence-electron chi connectivity index (χ2n) is 3.97. The Labute approximate surface area is 92.3 Å². The molecule has 0 saturated heterocycles. The highest BCUT2D eigenvalue weighted by Gasteiger charge is 2.26. The highest BCUT2D eigenvalue weighted by atomic mass is 16.4. The number of carbonyl (C=O) groups is 2. The molecule has 1 aliphatic carbocycles. The maximum Gasteiger partial charge on any atom is 0.338 e. The van der Waals surface area contributed by atoms with Gasteiger partial charge < -0.3 is 10.4 Å². The van der Waals surface area contributed by atoms with Crippen molar-refractivity contribution in [2.75, 3.05) is 0 Å². The molecule has 1 aromatic heterocycles. The molecule has 1 aromatic rings. The van der Waals surface area contributed by atoms with Gasteiger partial charge in [0.1, 0.15) is 6.04 Å². The molecule has 0 aliphatic heterocycles. The number of carboxylic acid groups (broad SMARTS) is 1. The maximum absolute atomic E-state index is 11.7. The molecule has 1 fully saturated rings. The number of rotatable bonds is 4. The minimum atomic E-state index is -1.04. The van der Waals surface area contributed by atoms with Gasteiger partial charge in [-0.1, -0.05) is 0 Å². The number of aromatic nitrogens is 2. The molecule has 86 valence electrons. The molecule has 6 nitrogen and oxygen atoms in total. The van der Waals surface area contributed by atoms with Crippen molar-refractivity contribution >= 4 is 11.9 Å².